The highest BCUT2D eigenvalue weighted by Gasteiger charge is 2.15. The lowest BCUT2D eigenvalue weighted by molar-refractivity contribution is 0.203. The molecule has 0 aliphatic carbocycles. The fraction of sp³-hybridized carbons (Fsp3) is 1.00. The molecule has 12 heavy (non-hydrogen) atoms. The number of rotatable bonds is 4. The number of aliphatic hydroxyl groups excluding tert-OH is 1. The second-order valence-corrected chi connectivity index (χ2v) is 3.69. The lowest BCUT2D eigenvalue weighted by Gasteiger charge is -2.28. The molecule has 0 radical (unpaired) electrons. The smallest absolute Gasteiger partial charge is 0.0931 e. The van der Waals surface area contributed by atoms with Gasteiger partial charge in [-0.1, -0.05) is 0 Å². The Morgan fingerprint density at radius 2 is 2.08 bits per heavy atom. The van der Waals surface area contributed by atoms with Crippen LogP contribution < -0.4 is 5.32 Å². The summed E-state index contributed by atoms with van der Waals surface area (Å²) in [5, 5.41) is 11.5. The van der Waals surface area contributed by atoms with E-state index in [1.807, 2.05) is 0 Å². The maximum Gasteiger partial charge on any atom is 0.0931 e. The number of hydrogen-bond acceptors (Lipinski definition) is 3. The first-order chi connectivity index (χ1) is 5.83. The lowest BCUT2D eigenvalue weighted by Crippen LogP contribution is -2.31. The molecule has 0 unspecified atom stereocenters. The fourth-order valence-corrected chi connectivity index (χ4v) is 1.74. The molecule has 3 nitrogen and oxygen atoms in total. The van der Waals surface area contributed by atoms with Crippen molar-refractivity contribution in [1.29, 1.82) is 0 Å². The predicted octanol–water partition coefficient (Wildman–Crippen LogP) is 0.258. The number of nitrogens with zero attached hydrogens (tertiary/aromatic N) is 1. The van der Waals surface area contributed by atoms with Crippen molar-refractivity contribution in [2.75, 3.05) is 33.4 Å². The largest absolute Gasteiger partial charge is 0.381 e. The van der Waals surface area contributed by atoms with Gasteiger partial charge in [0.15, 0.2) is 0 Å². The van der Waals surface area contributed by atoms with Crippen molar-refractivity contribution < 1.29 is 5.11 Å². The molecule has 1 aliphatic heterocycles. The lowest BCUT2D eigenvalue weighted by atomic mass is 9.94. The minimum Gasteiger partial charge on any atom is -0.381 e. The number of likely N-dealkylation sites (tertiary alicyclic amines) is 1. The van der Waals surface area contributed by atoms with Crippen LogP contribution in [0.25, 0.3) is 0 Å². The first-order valence-corrected chi connectivity index (χ1v) is 4.83. The molecule has 2 N–H and O–H groups in total. The Labute approximate surface area is 74.8 Å². The minimum atomic E-state index is 0.118. The van der Waals surface area contributed by atoms with Crippen LogP contribution in [0.3, 0.4) is 0 Å². The van der Waals surface area contributed by atoms with Crippen LogP contribution in [0, 0.1) is 5.92 Å². The first-order valence-electron chi connectivity index (χ1n) is 4.83. The van der Waals surface area contributed by atoms with E-state index in [-0.39, 0.29) is 6.73 Å². The van der Waals surface area contributed by atoms with Crippen molar-refractivity contribution in [3.8, 4) is 0 Å². The van der Waals surface area contributed by atoms with Crippen molar-refractivity contribution in [3.63, 3.8) is 0 Å². The van der Waals surface area contributed by atoms with Crippen LogP contribution in [-0.2, 0) is 0 Å². The molecule has 1 fully saturated rings. The zero-order chi connectivity index (χ0) is 8.81. The van der Waals surface area contributed by atoms with Crippen LogP contribution in [0.15, 0.2) is 0 Å². The van der Waals surface area contributed by atoms with Crippen LogP contribution in [0.4, 0.5) is 0 Å². The summed E-state index contributed by atoms with van der Waals surface area (Å²) in [5.74, 6) is 0.875. The molecule has 0 aromatic heterocycles. The van der Waals surface area contributed by atoms with Gasteiger partial charge >= 0.3 is 0 Å². The van der Waals surface area contributed by atoms with Crippen molar-refractivity contribution >= 4 is 0 Å². The Bertz CT molecular complexity index is 111. The number of hydrogen-bond donors (Lipinski definition) is 2. The molecule has 1 aliphatic rings. The molecule has 0 amide bonds. The summed E-state index contributed by atoms with van der Waals surface area (Å²) in [6, 6.07) is 0. The van der Waals surface area contributed by atoms with Gasteiger partial charge in [0.25, 0.3) is 0 Å². The Morgan fingerprint density at radius 1 is 1.42 bits per heavy atom. The highest BCUT2D eigenvalue weighted by molar-refractivity contribution is 4.70. The van der Waals surface area contributed by atoms with Gasteiger partial charge in [0.05, 0.1) is 6.73 Å². The van der Waals surface area contributed by atoms with Gasteiger partial charge in [0.2, 0.25) is 0 Å². The third kappa shape index (κ3) is 3.52. The molecule has 72 valence electrons. The van der Waals surface area contributed by atoms with Crippen molar-refractivity contribution in [2.45, 2.75) is 19.3 Å². The summed E-state index contributed by atoms with van der Waals surface area (Å²) >= 11 is 0. The molecule has 0 bridgehead atoms. The average Bonchev–Trinajstić information content (AvgIpc) is 2.09. The van der Waals surface area contributed by atoms with E-state index in [1.54, 1.807) is 0 Å². The first kappa shape index (κ1) is 9.96. The molecule has 0 spiro atoms. The summed E-state index contributed by atoms with van der Waals surface area (Å²) in [4.78, 5) is 2.38. The van der Waals surface area contributed by atoms with E-state index in [4.69, 9.17) is 5.11 Å². The topological polar surface area (TPSA) is 35.5 Å². The Morgan fingerprint density at radius 3 is 2.67 bits per heavy atom. The highest BCUT2D eigenvalue weighted by Crippen LogP contribution is 2.18. The van der Waals surface area contributed by atoms with Crippen LogP contribution in [0.2, 0.25) is 0 Å². The van der Waals surface area contributed by atoms with E-state index in [2.05, 4.69) is 17.3 Å². The Hall–Kier alpha value is -0.120. The predicted molar refractivity (Wildman–Crippen MR) is 49.9 cm³/mol. The number of piperidine rings is 1. The second kappa shape index (κ2) is 5.51. The van der Waals surface area contributed by atoms with Crippen molar-refractivity contribution in [1.82, 2.24) is 10.2 Å². The molecule has 3 heteroatoms. The Kier molecular flexibility index (Phi) is 4.58. The Balaban J connectivity index is 2.01. The summed E-state index contributed by atoms with van der Waals surface area (Å²) < 4.78 is 0. The molecule has 1 saturated heterocycles. The zero-order valence-corrected chi connectivity index (χ0v) is 7.92. The van der Waals surface area contributed by atoms with Crippen LogP contribution in [0.1, 0.15) is 19.3 Å². The molecule has 0 saturated carbocycles. The van der Waals surface area contributed by atoms with Gasteiger partial charge in [-0.2, -0.15) is 0 Å². The molecular formula is C9H20N2O. The molecule has 0 atom stereocenters. The third-order valence-corrected chi connectivity index (χ3v) is 2.68. The fourth-order valence-electron chi connectivity index (χ4n) is 1.74. The maximum absolute atomic E-state index is 8.52. The quantitative estimate of drug-likeness (QED) is 0.471. The minimum absolute atomic E-state index is 0.118. The van der Waals surface area contributed by atoms with E-state index < -0.39 is 0 Å². The van der Waals surface area contributed by atoms with Gasteiger partial charge in [0, 0.05) is 0 Å². The summed E-state index contributed by atoms with van der Waals surface area (Å²) in [6.07, 6.45) is 3.86. The summed E-state index contributed by atoms with van der Waals surface area (Å²) in [6.45, 7) is 3.56. The third-order valence-electron chi connectivity index (χ3n) is 2.68. The van der Waals surface area contributed by atoms with Crippen molar-refractivity contribution in [3.05, 3.63) is 0 Å². The van der Waals surface area contributed by atoms with E-state index in [9.17, 15) is 0 Å². The van der Waals surface area contributed by atoms with Crippen LogP contribution >= 0.6 is 0 Å². The average molecular weight is 172 g/mol. The maximum atomic E-state index is 8.52. The van der Waals surface area contributed by atoms with Gasteiger partial charge in [0.1, 0.15) is 0 Å². The van der Waals surface area contributed by atoms with Gasteiger partial charge in [-0.05, 0) is 51.9 Å². The molecule has 0 aromatic carbocycles. The van der Waals surface area contributed by atoms with E-state index in [0.717, 1.165) is 12.5 Å². The van der Waals surface area contributed by atoms with E-state index in [0.29, 0.717) is 0 Å². The zero-order valence-electron chi connectivity index (χ0n) is 7.92. The molecule has 0 aromatic rings. The van der Waals surface area contributed by atoms with Crippen LogP contribution in [-0.4, -0.2) is 43.4 Å². The second-order valence-electron chi connectivity index (χ2n) is 3.69. The van der Waals surface area contributed by atoms with E-state index in [1.165, 1.54) is 32.4 Å². The standard InChI is InChI=1S/C9H20N2O/c1-11-6-3-9(4-7-11)2-5-10-8-12/h9-10,12H,2-8H2,1H3. The number of aliphatic hydroxyl groups is 1. The summed E-state index contributed by atoms with van der Waals surface area (Å²) in [7, 11) is 2.18. The highest BCUT2D eigenvalue weighted by atomic mass is 16.3. The molecule has 1 heterocycles. The monoisotopic (exact) mass is 172 g/mol. The SMILES string of the molecule is CN1CCC(CCNCO)CC1. The molecule has 1 rings (SSSR count). The van der Waals surface area contributed by atoms with Crippen LogP contribution in [0.5, 0.6) is 0 Å². The van der Waals surface area contributed by atoms with Gasteiger partial charge < -0.3 is 10.0 Å². The molecular weight excluding hydrogens is 152 g/mol. The van der Waals surface area contributed by atoms with Gasteiger partial charge in [-0.25, -0.2) is 0 Å². The summed E-state index contributed by atoms with van der Waals surface area (Å²) in [5.41, 5.74) is 0. The normalized spacial score (nSPS) is 21.5. The number of nitrogens with one attached hydrogen (secondary N) is 1. The van der Waals surface area contributed by atoms with Gasteiger partial charge in [-0.3, -0.25) is 5.32 Å². The van der Waals surface area contributed by atoms with E-state index >= 15 is 0 Å². The van der Waals surface area contributed by atoms with Gasteiger partial charge in [-0.15, -0.1) is 0 Å². The van der Waals surface area contributed by atoms with Crippen molar-refractivity contribution in [2.24, 2.45) is 5.92 Å².